The Labute approximate surface area is 108 Å². The predicted octanol–water partition coefficient (Wildman–Crippen LogP) is 2.89. The second kappa shape index (κ2) is 5.48. The zero-order valence-corrected chi connectivity index (χ0v) is 11.4. The molecule has 0 fully saturated rings. The molecule has 18 heavy (non-hydrogen) atoms. The number of aryl methyl sites for hydroxylation is 1. The lowest BCUT2D eigenvalue weighted by Gasteiger charge is -2.15. The van der Waals surface area contributed by atoms with Gasteiger partial charge in [-0.3, -0.25) is 4.98 Å². The van der Waals surface area contributed by atoms with E-state index in [2.05, 4.69) is 35.3 Å². The summed E-state index contributed by atoms with van der Waals surface area (Å²) < 4.78 is 2.24. The number of aromatic nitrogens is 3. The van der Waals surface area contributed by atoms with Crippen LogP contribution in [0.2, 0.25) is 0 Å². The molecular formula is C14H22N4. The van der Waals surface area contributed by atoms with Crippen LogP contribution in [0, 0.1) is 5.92 Å². The summed E-state index contributed by atoms with van der Waals surface area (Å²) in [6.07, 6.45) is 5.66. The maximum absolute atomic E-state index is 6.29. The van der Waals surface area contributed by atoms with Gasteiger partial charge in [0.15, 0.2) is 0 Å². The third-order valence-corrected chi connectivity index (χ3v) is 3.08. The summed E-state index contributed by atoms with van der Waals surface area (Å²) >= 11 is 0. The molecule has 1 atom stereocenters. The number of hydrogen-bond acceptors (Lipinski definition) is 3. The maximum atomic E-state index is 6.29. The zero-order valence-electron chi connectivity index (χ0n) is 11.4. The van der Waals surface area contributed by atoms with Crippen LogP contribution < -0.4 is 5.73 Å². The van der Waals surface area contributed by atoms with Gasteiger partial charge in [0.2, 0.25) is 0 Å². The van der Waals surface area contributed by atoms with E-state index in [1.165, 1.54) is 0 Å². The summed E-state index contributed by atoms with van der Waals surface area (Å²) in [5, 5.41) is 0. The molecule has 2 aromatic rings. The van der Waals surface area contributed by atoms with E-state index in [1.807, 2.05) is 18.5 Å². The smallest absolute Gasteiger partial charge is 0.126 e. The standard InChI is InChI=1S/C14H22N4/c1-4-7-18-13-5-6-16-9-12(13)17-14(18)11(15)8-10(2)3/h5-6,9-11H,4,7-8,15H2,1-3H3. The van der Waals surface area contributed by atoms with Crippen molar-refractivity contribution in [2.75, 3.05) is 0 Å². The summed E-state index contributed by atoms with van der Waals surface area (Å²) in [5.41, 5.74) is 8.37. The number of fused-ring (bicyclic) bond motifs is 1. The van der Waals surface area contributed by atoms with Crippen LogP contribution in [0.1, 0.15) is 45.5 Å². The summed E-state index contributed by atoms with van der Waals surface area (Å²) in [6, 6.07) is 2.02. The second-order valence-corrected chi connectivity index (χ2v) is 5.22. The highest BCUT2D eigenvalue weighted by Crippen LogP contribution is 2.23. The molecule has 0 saturated heterocycles. The molecule has 0 saturated carbocycles. The van der Waals surface area contributed by atoms with Crippen molar-refractivity contribution < 1.29 is 0 Å². The van der Waals surface area contributed by atoms with Gasteiger partial charge in [0.25, 0.3) is 0 Å². The molecule has 0 spiro atoms. The monoisotopic (exact) mass is 246 g/mol. The highest BCUT2D eigenvalue weighted by atomic mass is 15.1. The SMILES string of the molecule is CCCn1c(C(N)CC(C)C)nc2cnccc21. The van der Waals surface area contributed by atoms with Crippen molar-refractivity contribution in [1.82, 2.24) is 14.5 Å². The van der Waals surface area contributed by atoms with Crippen molar-refractivity contribution in [3.05, 3.63) is 24.3 Å². The Kier molecular flexibility index (Phi) is 3.97. The lowest BCUT2D eigenvalue weighted by atomic mass is 10.0. The third-order valence-electron chi connectivity index (χ3n) is 3.08. The Hall–Kier alpha value is -1.42. The molecule has 0 aliphatic heterocycles. The molecule has 4 heteroatoms. The van der Waals surface area contributed by atoms with Gasteiger partial charge in [-0.1, -0.05) is 20.8 Å². The molecular weight excluding hydrogens is 224 g/mol. The normalized spacial score (nSPS) is 13.4. The Morgan fingerprint density at radius 2 is 2.17 bits per heavy atom. The van der Waals surface area contributed by atoms with Crippen molar-refractivity contribution >= 4 is 11.0 Å². The van der Waals surface area contributed by atoms with Gasteiger partial charge in [0.05, 0.1) is 17.8 Å². The van der Waals surface area contributed by atoms with Gasteiger partial charge in [0, 0.05) is 12.7 Å². The highest BCUT2D eigenvalue weighted by molar-refractivity contribution is 5.74. The summed E-state index contributed by atoms with van der Waals surface area (Å²) in [7, 11) is 0. The van der Waals surface area contributed by atoms with Crippen LogP contribution in [0.25, 0.3) is 11.0 Å². The topological polar surface area (TPSA) is 56.7 Å². The molecule has 0 bridgehead atoms. The second-order valence-electron chi connectivity index (χ2n) is 5.22. The molecule has 0 radical (unpaired) electrons. The van der Waals surface area contributed by atoms with E-state index in [4.69, 9.17) is 5.73 Å². The first-order chi connectivity index (χ1) is 8.63. The number of nitrogens with two attached hydrogens (primary N) is 1. The van der Waals surface area contributed by atoms with Crippen LogP contribution in [0.15, 0.2) is 18.5 Å². The van der Waals surface area contributed by atoms with Gasteiger partial charge in [-0.15, -0.1) is 0 Å². The van der Waals surface area contributed by atoms with Crippen molar-refractivity contribution in [3.8, 4) is 0 Å². The number of rotatable bonds is 5. The van der Waals surface area contributed by atoms with Crippen LogP contribution >= 0.6 is 0 Å². The lowest BCUT2D eigenvalue weighted by Crippen LogP contribution is -2.18. The van der Waals surface area contributed by atoms with Crippen LogP contribution in [-0.4, -0.2) is 14.5 Å². The van der Waals surface area contributed by atoms with Crippen molar-refractivity contribution in [1.29, 1.82) is 0 Å². The Bertz CT molecular complexity index is 515. The Morgan fingerprint density at radius 3 is 2.83 bits per heavy atom. The van der Waals surface area contributed by atoms with Crippen molar-refractivity contribution in [2.24, 2.45) is 11.7 Å². The molecule has 98 valence electrons. The Balaban J connectivity index is 2.44. The van der Waals surface area contributed by atoms with E-state index in [9.17, 15) is 0 Å². The fraction of sp³-hybridized carbons (Fsp3) is 0.571. The first-order valence-corrected chi connectivity index (χ1v) is 6.69. The molecule has 0 aromatic carbocycles. The molecule has 0 amide bonds. The van der Waals surface area contributed by atoms with E-state index >= 15 is 0 Å². The molecule has 2 aromatic heterocycles. The zero-order chi connectivity index (χ0) is 13.1. The van der Waals surface area contributed by atoms with Crippen LogP contribution in [0.5, 0.6) is 0 Å². The quantitative estimate of drug-likeness (QED) is 0.882. The first kappa shape index (κ1) is 13.0. The average molecular weight is 246 g/mol. The third kappa shape index (κ3) is 2.53. The van der Waals surface area contributed by atoms with Gasteiger partial charge >= 0.3 is 0 Å². The van der Waals surface area contributed by atoms with Gasteiger partial charge < -0.3 is 10.3 Å². The molecule has 0 aliphatic rings. The summed E-state index contributed by atoms with van der Waals surface area (Å²) in [5.74, 6) is 1.57. The summed E-state index contributed by atoms with van der Waals surface area (Å²) in [6.45, 7) is 7.51. The van der Waals surface area contributed by atoms with Crippen molar-refractivity contribution in [2.45, 2.75) is 46.2 Å². The van der Waals surface area contributed by atoms with Gasteiger partial charge in [-0.2, -0.15) is 0 Å². The Morgan fingerprint density at radius 1 is 1.39 bits per heavy atom. The molecule has 2 rings (SSSR count). The minimum absolute atomic E-state index is 0.00366. The molecule has 4 nitrogen and oxygen atoms in total. The largest absolute Gasteiger partial charge is 0.327 e. The van der Waals surface area contributed by atoms with E-state index in [0.29, 0.717) is 5.92 Å². The van der Waals surface area contributed by atoms with Crippen LogP contribution in [0.3, 0.4) is 0 Å². The number of nitrogens with zero attached hydrogens (tertiary/aromatic N) is 3. The van der Waals surface area contributed by atoms with Gasteiger partial charge in [-0.05, 0) is 24.8 Å². The van der Waals surface area contributed by atoms with Crippen molar-refractivity contribution in [3.63, 3.8) is 0 Å². The maximum Gasteiger partial charge on any atom is 0.126 e. The van der Waals surface area contributed by atoms with Crippen LogP contribution in [0.4, 0.5) is 0 Å². The van der Waals surface area contributed by atoms with E-state index in [1.54, 1.807) is 0 Å². The molecule has 1 unspecified atom stereocenters. The number of pyridine rings is 1. The summed E-state index contributed by atoms with van der Waals surface area (Å²) in [4.78, 5) is 8.79. The van der Waals surface area contributed by atoms with E-state index in [-0.39, 0.29) is 6.04 Å². The van der Waals surface area contributed by atoms with Gasteiger partial charge in [0.1, 0.15) is 11.3 Å². The van der Waals surface area contributed by atoms with Gasteiger partial charge in [-0.25, -0.2) is 4.98 Å². The predicted molar refractivity (Wildman–Crippen MR) is 74.2 cm³/mol. The minimum Gasteiger partial charge on any atom is -0.327 e. The van der Waals surface area contributed by atoms with E-state index < -0.39 is 0 Å². The number of hydrogen-bond donors (Lipinski definition) is 1. The molecule has 2 heterocycles. The fourth-order valence-electron chi connectivity index (χ4n) is 2.36. The lowest BCUT2D eigenvalue weighted by molar-refractivity contribution is 0.475. The highest BCUT2D eigenvalue weighted by Gasteiger charge is 2.17. The average Bonchev–Trinajstić information content (AvgIpc) is 2.68. The molecule has 0 aliphatic carbocycles. The number of imidazole rings is 1. The van der Waals surface area contributed by atoms with E-state index in [0.717, 1.165) is 36.2 Å². The minimum atomic E-state index is 0.00366. The van der Waals surface area contributed by atoms with Crippen LogP contribution in [-0.2, 0) is 6.54 Å². The molecule has 2 N–H and O–H groups in total. The first-order valence-electron chi connectivity index (χ1n) is 6.69. The fourth-order valence-corrected chi connectivity index (χ4v) is 2.36.